The fourth-order valence-electron chi connectivity index (χ4n) is 1.82. The minimum absolute atomic E-state index is 0.215. The van der Waals surface area contributed by atoms with E-state index in [1.54, 1.807) is 0 Å². The van der Waals surface area contributed by atoms with E-state index in [9.17, 15) is 4.79 Å². The Morgan fingerprint density at radius 1 is 1.42 bits per heavy atom. The van der Waals surface area contributed by atoms with Gasteiger partial charge in [-0.05, 0) is 32.4 Å². The van der Waals surface area contributed by atoms with Gasteiger partial charge in [-0.3, -0.25) is 4.90 Å². The Kier molecular flexibility index (Phi) is 4.30. The molecule has 12 heavy (non-hydrogen) atoms. The molecule has 0 spiro atoms. The Balaban J connectivity index is 2.27. The molecule has 1 aliphatic heterocycles. The van der Waals surface area contributed by atoms with Gasteiger partial charge in [-0.2, -0.15) is 0 Å². The molecule has 0 saturated carbocycles. The van der Waals surface area contributed by atoms with Crippen molar-refractivity contribution in [2.75, 3.05) is 13.1 Å². The van der Waals surface area contributed by atoms with Gasteiger partial charge >= 0.3 is 0 Å². The smallest absolute Gasteiger partial charge is 0.137 e. The van der Waals surface area contributed by atoms with E-state index < -0.39 is 0 Å². The normalized spacial score (nSPS) is 21.1. The van der Waals surface area contributed by atoms with Crippen LogP contribution in [0.3, 0.4) is 0 Å². The van der Waals surface area contributed by atoms with Crippen molar-refractivity contribution in [3.63, 3.8) is 0 Å². The molecule has 1 fully saturated rings. The van der Waals surface area contributed by atoms with Crippen molar-refractivity contribution in [1.29, 1.82) is 0 Å². The predicted molar refractivity (Wildman–Crippen MR) is 50.2 cm³/mol. The number of hydrogen-bond acceptors (Lipinski definition) is 2. The highest BCUT2D eigenvalue weighted by Gasteiger charge is 2.20. The lowest BCUT2D eigenvalue weighted by Gasteiger charge is -2.21. The number of carbonyl (C=O) groups is 1. The third-order valence-electron chi connectivity index (χ3n) is 2.62. The average molecular weight is 169 g/mol. The van der Waals surface area contributed by atoms with Gasteiger partial charge in [0, 0.05) is 0 Å². The van der Waals surface area contributed by atoms with E-state index in [0.29, 0.717) is 0 Å². The molecule has 70 valence electrons. The van der Waals surface area contributed by atoms with Gasteiger partial charge in [0.15, 0.2) is 0 Å². The van der Waals surface area contributed by atoms with Crippen molar-refractivity contribution in [2.24, 2.45) is 0 Å². The highest BCUT2D eigenvalue weighted by molar-refractivity contribution is 5.57. The lowest BCUT2D eigenvalue weighted by Crippen LogP contribution is -2.33. The van der Waals surface area contributed by atoms with E-state index in [1.807, 2.05) is 0 Å². The maximum Gasteiger partial charge on any atom is 0.137 e. The highest BCUT2D eigenvalue weighted by atomic mass is 16.1. The van der Waals surface area contributed by atoms with Gasteiger partial charge in [-0.1, -0.05) is 19.8 Å². The van der Waals surface area contributed by atoms with Crippen LogP contribution in [0.2, 0.25) is 0 Å². The number of aldehydes is 1. The second kappa shape index (κ2) is 5.31. The van der Waals surface area contributed by atoms with Gasteiger partial charge in [0.1, 0.15) is 6.29 Å². The molecule has 1 atom stereocenters. The molecule has 0 aromatic rings. The summed E-state index contributed by atoms with van der Waals surface area (Å²) in [5.41, 5.74) is 0. The molecule has 0 bridgehead atoms. The zero-order chi connectivity index (χ0) is 8.81. The van der Waals surface area contributed by atoms with Crippen molar-refractivity contribution in [1.82, 2.24) is 4.90 Å². The van der Waals surface area contributed by atoms with Crippen molar-refractivity contribution >= 4 is 6.29 Å². The topological polar surface area (TPSA) is 20.3 Å². The molecule has 0 N–H and O–H groups in total. The minimum Gasteiger partial charge on any atom is -0.302 e. The minimum atomic E-state index is 0.215. The number of carbonyl (C=O) groups excluding carboxylic acids is 1. The third-order valence-corrected chi connectivity index (χ3v) is 2.62. The first-order chi connectivity index (χ1) is 5.88. The molecule has 1 saturated heterocycles. The van der Waals surface area contributed by atoms with Gasteiger partial charge < -0.3 is 4.79 Å². The standard InChI is InChI=1S/C10H19NO/c1-2-3-6-10(9-12)11-7-4-5-8-11/h9-10H,2-8H2,1H3. The number of rotatable bonds is 5. The number of hydrogen-bond donors (Lipinski definition) is 0. The second-order valence-electron chi connectivity index (χ2n) is 3.59. The van der Waals surface area contributed by atoms with Gasteiger partial charge in [-0.25, -0.2) is 0 Å². The van der Waals surface area contributed by atoms with Gasteiger partial charge in [-0.15, -0.1) is 0 Å². The average Bonchev–Trinajstić information content (AvgIpc) is 2.59. The van der Waals surface area contributed by atoms with Crippen molar-refractivity contribution in [3.05, 3.63) is 0 Å². The molecule has 2 heteroatoms. The maximum atomic E-state index is 10.8. The Labute approximate surface area is 74.9 Å². The van der Waals surface area contributed by atoms with Crippen LogP contribution in [-0.2, 0) is 4.79 Å². The fourth-order valence-corrected chi connectivity index (χ4v) is 1.82. The van der Waals surface area contributed by atoms with Crippen LogP contribution in [0.4, 0.5) is 0 Å². The van der Waals surface area contributed by atoms with E-state index >= 15 is 0 Å². The van der Waals surface area contributed by atoms with Crippen molar-refractivity contribution in [3.8, 4) is 0 Å². The van der Waals surface area contributed by atoms with Crippen LogP contribution in [0.1, 0.15) is 39.0 Å². The Hall–Kier alpha value is -0.370. The summed E-state index contributed by atoms with van der Waals surface area (Å²) < 4.78 is 0. The van der Waals surface area contributed by atoms with Gasteiger partial charge in [0.25, 0.3) is 0 Å². The Morgan fingerprint density at radius 3 is 2.58 bits per heavy atom. The third kappa shape index (κ3) is 2.59. The molecule has 1 aliphatic rings. The number of unbranched alkanes of at least 4 members (excludes halogenated alkanes) is 1. The number of nitrogens with zero attached hydrogens (tertiary/aromatic N) is 1. The molecule has 1 heterocycles. The van der Waals surface area contributed by atoms with E-state index in [2.05, 4.69) is 11.8 Å². The summed E-state index contributed by atoms with van der Waals surface area (Å²) in [5, 5.41) is 0. The molecular formula is C10H19NO. The molecule has 0 radical (unpaired) electrons. The molecule has 0 aromatic heterocycles. The summed E-state index contributed by atoms with van der Waals surface area (Å²) in [7, 11) is 0. The SMILES string of the molecule is CCCCC(C=O)N1CCCC1. The first-order valence-electron chi connectivity index (χ1n) is 5.08. The Morgan fingerprint density at radius 2 is 2.08 bits per heavy atom. The Bertz CT molecular complexity index is 130. The molecule has 0 amide bonds. The van der Waals surface area contributed by atoms with Crippen LogP contribution in [-0.4, -0.2) is 30.3 Å². The molecule has 1 unspecified atom stereocenters. The molecular weight excluding hydrogens is 150 g/mol. The van der Waals surface area contributed by atoms with E-state index in [1.165, 1.54) is 25.7 Å². The summed E-state index contributed by atoms with van der Waals surface area (Å²) in [5.74, 6) is 0. The molecule has 0 aliphatic carbocycles. The van der Waals surface area contributed by atoms with Crippen LogP contribution in [0, 0.1) is 0 Å². The first-order valence-corrected chi connectivity index (χ1v) is 5.08. The molecule has 0 aromatic carbocycles. The predicted octanol–water partition coefficient (Wildman–Crippen LogP) is 1.84. The van der Waals surface area contributed by atoms with Crippen molar-refractivity contribution in [2.45, 2.75) is 45.1 Å². The highest BCUT2D eigenvalue weighted by Crippen LogP contribution is 2.14. The van der Waals surface area contributed by atoms with Gasteiger partial charge in [0.05, 0.1) is 6.04 Å². The molecule has 1 rings (SSSR count). The van der Waals surface area contributed by atoms with Crippen molar-refractivity contribution < 1.29 is 4.79 Å². The van der Waals surface area contributed by atoms with Crippen LogP contribution in [0.5, 0.6) is 0 Å². The lowest BCUT2D eigenvalue weighted by atomic mass is 10.1. The largest absolute Gasteiger partial charge is 0.302 e. The number of likely N-dealkylation sites (tertiary alicyclic amines) is 1. The van der Waals surface area contributed by atoms with Crippen LogP contribution >= 0.6 is 0 Å². The van der Waals surface area contributed by atoms with Gasteiger partial charge in [0.2, 0.25) is 0 Å². The quantitative estimate of drug-likeness (QED) is 0.585. The molecule has 2 nitrogen and oxygen atoms in total. The summed E-state index contributed by atoms with van der Waals surface area (Å²) in [4.78, 5) is 13.1. The fraction of sp³-hybridized carbons (Fsp3) is 0.900. The first kappa shape index (κ1) is 9.72. The van der Waals surface area contributed by atoms with E-state index in [4.69, 9.17) is 0 Å². The van der Waals surface area contributed by atoms with E-state index in [0.717, 1.165) is 25.8 Å². The summed E-state index contributed by atoms with van der Waals surface area (Å²) in [6.45, 7) is 4.44. The summed E-state index contributed by atoms with van der Waals surface area (Å²) in [6.07, 6.45) is 7.10. The van der Waals surface area contributed by atoms with Crippen LogP contribution in [0.15, 0.2) is 0 Å². The zero-order valence-corrected chi connectivity index (χ0v) is 7.96. The zero-order valence-electron chi connectivity index (χ0n) is 7.96. The monoisotopic (exact) mass is 169 g/mol. The summed E-state index contributed by atoms with van der Waals surface area (Å²) >= 11 is 0. The second-order valence-corrected chi connectivity index (χ2v) is 3.59. The maximum absolute atomic E-state index is 10.8. The van der Waals surface area contributed by atoms with E-state index in [-0.39, 0.29) is 6.04 Å². The lowest BCUT2D eigenvalue weighted by molar-refractivity contribution is -0.112. The summed E-state index contributed by atoms with van der Waals surface area (Å²) in [6, 6.07) is 0.215. The van der Waals surface area contributed by atoms with Crippen LogP contribution < -0.4 is 0 Å². The van der Waals surface area contributed by atoms with Crippen LogP contribution in [0.25, 0.3) is 0 Å².